The zero-order chi connectivity index (χ0) is 20.6. The van der Waals surface area contributed by atoms with Crippen LogP contribution in [0, 0.1) is 6.92 Å². The van der Waals surface area contributed by atoms with E-state index in [1.165, 1.54) is 7.05 Å². The van der Waals surface area contributed by atoms with E-state index in [1.54, 1.807) is 6.92 Å². The van der Waals surface area contributed by atoms with Crippen LogP contribution >= 0.6 is 0 Å². The Bertz CT molecular complexity index is 1080. The normalized spacial score (nSPS) is 12.9. The number of hydrogen-bond acceptors (Lipinski definition) is 4. The molecule has 2 heterocycles. The Kier molecular flexibility index (Phi) is 4.97. The van der Waals surface area contributed by atoms with Gasteiger partial charge in [0, 0.05) is 7.05 Å². The van der Waals surface area contributed by atoms with Crippen LogP contribution in [0.4, 0.5) is 13.2 Å². The average molecular weight is 393 g/mol. The monoisotopic (exact) mass is 393 g/mol. The number of fused-ring (bicyclic) bond motifs is 1. The largest absolute Gasteiger partial charge is 0.435 e. The van der Waals surface area contributed by atoms with Gasteiger partial charge in [0.05, 0.1) is 17.8 Å². The lowest BCUT2D eigenvalue weighted by molar-refractivity contribution is -0.140. The Morgan fingerprint density at radius 1 is 1.25 bits per heavy atom. The second-order valence-electron chi connectivity index (χ2n) is 6.54. The molecule has 0 bridgehead atoms. The third kappa shape index (κ3) is 3.75. The Morgan fingerprint density at radius 2 is 1.89 bits per heavy atom. The molecule has 2 aromatic heterocycles. The molecule has 3 aromatic rings. The van der Waals surface area contributed by atoms with Crippen LogP contribution in [0.5, 0.6) is 0 Å². The molecule has 0 spiro atoms. The van der Waals surface area contributed by atoms with Gasteiger partial charge in [-0.2, -0.15) is 23.4 Å². The van der Waals surface area contributed by atoms with Crippen molar-refractivity contribution in [2.45, 2.75) is 32.6 Å². The number of rotatable bonds is 4. The van der Waals surface area contributed by atoms with Crippen molar-refractivity contribution in [1.82, 2.24) is 24.9 Å². The number of carbonyl (C=O) groups is 1. The number of aryl methyl sites for hydroxylation is 2. The van der Waals surface area contributed by atoms with Gasteiger partial charge in [0.1, 0.15) is 11.9 Å². The minimum atomic E-state index is -4.79. The maximum Gasteiger partial charge on any atom is 0.435 e. The topological polar surface area (TPSA) is 81.8 Å². The number of amides is 1. The summed E-state index contributed by atoms with van der Waals surface area (Å²) in [6.45, 7) is 3.21. The SMILES string of the molecule is Cc1ccc([C@H](C)NC(=O)Cn2ncc3c(c(C(F)(F)F)nn3C)c2=O)cc1. The fraction of sp³-hybridized carbons (Fsp3) is 0.333. The van der Waals surface area contributed by atoms with Gasteiger partial charge in [-0.05, 0) is 19.4 Å². The van der Waals surface area contributed by atoms with Gasteiger partial charge in [-0.3, -0.25) is 14.3 Å². The summed E-state index contributed by atoms with van der Waals surface area (Å²) in [5.74, 6) is -0.542. The summed E-state index contributed by atoms with van der Waals surface area (Å²) in [6.07, 6.45) is -3.70. The number of hydrogen-bond donors (Lipinski definition) is 1. The molecule has 1 amide bonds. The molecule has 1 aromatic carbocycles. The summed E-state index contributed by atoms with van der Waals surface area (Å²) in [4.78, 5) is 24.8. The second-order valence-corrected chi connectivity index (χ2v) is 6.54. The van der Waals surface area contributed by atoms with Crippen molar-refractivity contribution >= 4 is 16.8 Å². The molecule has 0 saturated heterocycles. The van der Waals surface area contributed by atoms with Crippen LogP contribution in [0.3, 0.4) is 0 Å². The fourth-order valence-corrected chi connectivity index (χ4v) is 2.87. The molecule has 0 aliphatic rings. The number of nitrogens with zero attached hydrogens (tertiary/aromatic N) is 4. The molecule has 28 heavy (non-hydrogen) atoms. The third-order valence-corrected chi connectivity index (χ3v) is 4.38. The first kappa shape index (κ1) is 19.6. The van der Waals surface area contributed by atoms with E-state index in [2.05, 4.69) is 15.5 Å². The lowest BCUT2D eigenvalue weighted by atomic mass is 10.1. The molecule has 1 N–H and O–H groups in total. The number of aromatic nitrogens is 4. The smallest absolute Gasteiger partial charge is 0.348 e. The first-order valence-corrected chi connectivity index (χ1v) is 8.44. The van der Waals surface area contributed by atoms with E-state index >= 15 is 0 Å². The van der Waals surface area contributed by atoms with Crippen LogP contribution in [0.15, 0.2) is 35.3 Å². The van der Waals surface area contributed by atoms with Crippen LogP contribution in [-0.4, -0.2) is 25.5 Å². The molecule has 0 radical (unpaired) electrons. The van der Waals surface area contributed by atoms with Crippen molar-refractivity contribution in [2.75, 3.05) is 0 Å². The molecule has 7 nitrogen and oxygen atoms in total. The first-order chi connectivity index (χ1) is 13.1. The van der Waals surface area contributed by atoms with Gasteiger partial charge in [-0.1, -0.05) is 29.8 Å². The van der Waals surface area contributed by atoms with E-state index in [0.717, 1.165) is 22.0 Å². The van der Waals surface area contributed by atoms with Gasteiger partial charge in [0.2, 0.25) is 5.91 Å². The summed E-state index contributed by atoms with van der Waals surface area (Å²) in [7, 11) is 1.29. The highest BCUT2D eigenvalue weighted by atomic mass is 19.4. The lowest BCUT2D eigenvalue weighted by Gasteiger charge is -2.15. The predicted molar refractivity (Wildman–Crippen MR) is 95.5 cm³/mol. The summed E-state index contributed by atoms with van der Waals surface area (Å²) in [5.41, 5.74) is -0.428. The molecule has 1 atom stereocenters. The van der Waals surface area contributed by atoms with Crippen LogP contribution in [-0.2, 0) is 24.6 Å². The maximum absolute atomic E-state index is 13.2. The van der Waals surface area contributed by atoms with E-state index in [4.69, 9.17) is 0 Å². The number of alkyl halides is 3. The maximum atomic E-state index is 13.2. The number of nitrogens with one attached hydrogen (secondary N) is 1. The molecule has 0 fully saturated rings. The summed E-state index contributed by atoms with van der Waals surface area (Å²) in [6, 6.07) is 7.19. The van der Waals surface area contributed by atoms with Crippen molar-refractivity contribution in [1.29, 1.82) is 0 Å². The van der Waals surface area contributed by atoms with Crippen LogP contribution in [0.2, 0.25) is 0 Å². The second kappa shape index (κ2) is 7.10. The van der Waals surface area contributed by atoms with Crippen molar-refractivity contribution in [3.8, 4) is 0 Å². The van der Waals surface area contributed by atoms with Gasteiger partial charge in [0.25, 0.3) is 5.56 Å². The molecule has 0 saturated carbocycles. The van der Waals surface area contributed by atoms with Gasteiger partial charge in [-0.15, -0.1) is 0 Å². The fourth-order valence-electron chi connectivity index (χ4n) is 2.87. The van der Waals surface area contributed by atoms with Crippen molar-refractivity contribution in [3.05, 3.63) is 57.6 Å². The van der Waals surface area contributed by atoms with E-state index in [0.29, 0.717) is 4.68 Å². The van der Waals surface area contributed by atoms with E-state index in [9.17, 15) is 22.8 Å². The van der Waals surface area contributed by atoms with Gasteiger partial charge in [-0.25, -0.2) is 4.68 Å². The molecule has 10 heteroatoms. The highest BCUT2D eigenvalue weighted by molar-refractivity contribution is 5.81. The Balaban J connectivity index is 1.86. The quantitative estimate of drug-likeness (QED) is 0.738. The highest BCUT2D eigenvalue weighted by Crippen LogP contribution is 2.31. The zero-order valence-electron chi connectivity index (χ0n) is 15.4. The van der Waals surface area contributed by atoms with E-state index < -0.39 is 35.3 Å². The Labute approximate surface area is 157 Å². The minimum Gasteiger partial charge on any atom is -0.348 e. The number of benzene rings is 1. The number of halogens is 3. The van der Waals surface area contributed by atoms with E-state index in [-0.39, 0.29) is 11.6 Å². The lowest BCUT2D eigenvalue weighted by Crippen LogP contribution is -2.35. The Morgan fingerprint density at radius 3 is 2.50 bits per heavy atom. The zero-order valence-corrected chi connectivity index (χ0v) is 15.4. The summed E-state index contributed by atoms with van der Waals surface area (Å²) < 4.78 is 41.2. The molecule has 0 unspecified atom stereocenters. The average Bonchev–Trinajstić information content (AvgIpc) is 2.96. The third-order valence-electron chi connectivity index (χ3n) is 4.38. The summed E-state index contributed by atoms with van der Waals surface area (Å²) in [5, 5.41) is 9.29. The molecule has 3 rings (SSSR count). The van der Waals surface area contributed by atoms with Crippen molar-refractivity contribution in [3.63, 3.8) is 0 Å². The standard InChI is InChI=1S/C18H18F3N5O2/c1-10-4-6-12(7-5-10)11(2)23-14(27)9-26-17(28)15-13(8-22-26)25(3)24-16(15)18(19,20)21/h4-8,11H,9H2,1-3H3,(H,23,27)/t11-/m0/s1. The minimum absolute atomic E-state index is 0.0537. The molecule has 0 aliphatic carbocycles. The van der Waals surface area contributed by atoms with Crippen molar-refractivity contribution in [2.24, 2.45) is 7.05 Å². The predicted octanol–water partition coefficient (Wildman–Crippen LogP) is 2.33. The highest BCUT2D eigenvalue weighted by Gasteiger charge is 2.38. The van der Waals surface area contributed by atoms with Crippen LogP contribution < -0.4 is 10.9 Å². The molecule has 148 valence electrons. The first-order valence-electron chi connectivity index (χ1n) is 8.44. The molecular weight excluding hydrogens is 375 g/mol. The molecular formula is C18H18F3N5O2. The van der Waals surface area contributed by atoms with Crippen LogP contribution in [0.1, 0.15) is 29.8 Å². The number of carbonyl (C=O) groups excluding carboxylic acids is 1. The van der Waals surface area contributed by atoms with Gasteiger partial charge >= 0.3 is 6.18 Å². The summed E-state index contributed by atoms with van der Waals surface area (Å²) >= 11 is 0. The molecule has 0 aliphatic heterocycles. The van der Waals surface area contributed by atoms with Gasteiger partial charge in [0.15, 0.2) is 5.69 Å². The van der Waals surface area contributed by atoms with Crippen LogP contribution in [0.25, 0.3) is 10.9 Å². The van der Waals surface area contributed by atoms with E-state index in [1.807, 2.05) is 31.2 Å². The van der Waals surface area contributed by atoms with Gasteiger partial charge < -0.3 is 5.32 Å². The van der Waals surface area contributed by atoms with Crippen molar-refractivity contribution < 1.29 is 18.0 Å². The Hall–Kier alpha value is -3.17.